The summed E-state index contributed by atoms with van der Waals surface area (Å²) in [5.41, 5.74) is 7.55. The summed E-state index contributed by atoms with van der Waals surface area (Å²) in [4.78, 5) is 17.0. The fraction of sp³-hybridized carbons (Fsp3) is 0.429. The first kappa shape index (κ1) is 11.1. The molecule has 0 unspecified atom stereocenters. The van der Waals surface area contributed by atoms with Crippen molar-refractivity contribution < 1.29 is 9.18 Å². The van der Waals surface area contributed by atoms with E-state index in [2.05, 4.69) is 25.7 Å². The SMILES string of the molecule is NC(=O)c1nc[nH]c1/N=N/NCCCF. The summed E-state index contributed by atoms with van der Waals surface area (Å²) in [6, 6.07) is 0. The Morgan fingerprint density at radius 1 is 1.73 bits per heavy atom. The number of aromatic amines is 1. The van der Waals surface area contributed by atoms with Gasteiger partial charge in [0, 0.05) is 6.54 Å². The Morgan fingerprint density at radius 2 is 2.53 bits per heavy atom. The van der Waals surface area contributed by atoms with Crippen molar-refractivity contribution in [3.8, 4) is 0 Å². The number of nitrogens with one attached hydrogen (secondary N) is 2. The quantitative estimate of drug-likeness (QED) is 0.363. The van der Waals surface area contributed by atoms with E-state index < -0.39 is 12.6 Å². The Labute approximate surface area is 85.0 Å². The zero-order chi connectivity index (χ0) is 11.1. The molecular weight excluding hydrogens is 203 g/mol. The van der Waals surface area contributed by atoms with Gasteiger partial charge in [-0.05, 0) is 6.42 Å². The second-order valence-corrected chi connectivity index (χ2v) is 2.61. The van der Waals surface area contributed by atoms with E-state index >= 15 is 0 Å². The minimum atomic E-state index is -0.686. The molecular formula is C7H11FN6O. The molecule has 1 aromatic rings. The fourth-order valence-electron chi connectivity index (χ4n) is 0.825. The monoisotopic (exact) mass is 214 g/mol. The lowest BCUT2D eigenvalue weighted by Crippen LogP contribution is -2.11. The number of halogens is 1. The average Bonchev–Trinajstić information content (AvgIpc) is 2.66. The maximum atomic E-state index is 11.7. The minimum Gasteiger partial charge on any atom is -0.364 e. The number of aromatic nitrogens is 2. The van der Waals surface area contributed by atoms with Gasteiger partial charge in [-0.15, -0.1) is 5.11 Å². The molecule has 1 rings (SSSR count). The maximum absolute atomic E-state index is 11.7. The van der Waals surface area contributed by atoms with Crippen molar-refractivity contribution in [2.75, 3.05) is 13.2 Å². The highest BCUT2D eigenvalue weighted by atomic mass is 19.1. The van der Waals surface area contributed by atoms with E-state index in [4.69, 9.17) is 5.73 Å². The summed E-state index contributed by atoms with van der Waals surface area (Å²) >= 11 is 0. The van der Waals surface area contributed by atoms with E-state index in [9.17, 15) is 9.18 Å². The second-order valence-electron chi connectivity index (χ2n) is 2.61. The number of nitrogens with two attached hydrogens (primary N) is 1. The van der Waals surface area contributed by atoms with Crippen molar-refractivity contribution in [3.05, 3.63) is 12.0 Å². The van der Waals surface area contributed by atoms with Crippen LogP contribution in [0.2, 0.25) is 0 Å². The third-order valence-electron chi connectivity index (χ3n) is 1.50. The number of imidazole rings is 1. The number of primary amides is 1. The van der Waals surface area contributed by atoms with Gasteiger partial charge in [-0.1, -0.05) is 5.22 Å². The van der Waals surface area contributed by atoms with Crippen LogP contribution in [0, 0.1) is 0 Å². The Balaban J connectivity index is 2.49. The summed E-state index contributed by atoms with van der Waals surface area (Å²) in [5.74, 6) is -0.510. The van der Waals surface area contributed by atoms with Crippen molar-refractivity contribution in [1.82, 2.24) is 15.4 Å². The molecule has 0 aliphatic carbocycles. The molecule has 0 fully saturated rings. The Kier molecular flexibility index (Phi) is 4.20. The van der Waals surface area contributed by atoms with Crippen LogP contribution >= 0.6 is 0 Å². The summed E-state index contributed by atoms with van der Waals surface area (Å²) in [6.07, 6.45) is 1.64. The highest BCUT2D eigenvalue weighted by molar-refractivity contribution is 5.94. The fourth-order valence-corrected chi connectivity index (χ4v) is 0.825. The van der Waals surface area contributed by atoms with Gasteiger partial charge in [-0.25, -0.2) is 4.98 Å². The molecule has 15 heavy (non-hydrogen) atoms. The molecule has 0 saturated heterocycles. The first-order chi connectivity index (χ1) is 7.25. The Hall–Kier alpha value is -1.99. The van der Waals surface area contributed by atoms with E-state index in [1.165, 1.54) is 6.33 Å². The number of alkyl halides is 1. The molecule has 8 heteroatoms. The van der Waals surface area contributed by atoms with Crippen molar-refractivity contribution in [2.24, 2.45) is 16.1 Å². The molecule has 0 aliphatic heterocycles. The normalized spacial score (nSPS) is 10.7. The third-order valence-corrected chi connectivity index (χ3v) is 1.50. The molecule has 1 heterocycles. The molecule has 4 N–H and O–H groups in total. The number of amides is 1. The molecule has 0 bridgehead atoms. The largest absolute Gasteiger partial charge is 0.364 e. The number of nitrogens with zero attached hydrogens (tertiary/aromatic N) is 3. The molecule has 1 amide bonds. The van der Waals surface area contributed by atoms with Gasteiger partial charge < -0.3 is 10.7 Å². The van der Waals surface area contributed by atoms with Gasteiger partial charge in [0.15, 0.2) is 11.5 Å². The predicted octanol–water partition coefficient (Wildman–Crippen LogP) is 0.456. The average molecular weight is 214 g/mol. The van der Waals surface area contributed by atoms with Crippen LogP contribution in [0.1, 0.15) is 16.9 Å². The zero-order valence-electron chi connectivity index (χ0n) is 7.90. The number of hydrogen-bond donors (Lipinski definition) is 3. The summed E-state index contributed by atoms with van der Waals surface area (Å²) < 4.78 is 11.7. The van der Waals surface area contributed by atoms with Crippen LogP contribution in [0.25, 0.3) is 0 Å². The highest BCUT2D eigenvalue weighted by Gasteiger charge is 2.09. The van der Waals surface area contributed by atoms with Crippen LogP contribution in [0.4, 0.5) is 10.2 Å². The third kappa shape index (κ3) is 3.33. The van der Waals surface area contributed by atoms with Gasteiger partial charge in [-0.2, -0.15) is 0 Å². The van der Waals surface area contributed by atoms with E-state index in [1.54, 1.807) is 0 Å². The molecule has 0 aromatic carbocycles. The van der Waals surface area contributed by atoms with E-state index in [0.29, 0.717) is 13.0 Å². The summed E-state index contributed by atoms with van der Waals surface area (Å²) in [6.45, 7) is -0.0425. The van der Waals surface area contributed by atoms with Crippen molar-refractivity contribution in [1.29, 1.82) is 0 Å². The molecule has 1 aromatic heterocycles. The molecule has 0 atom stereocenters. The lowest BCUT2D eigenvalue weighted by atomic mass is 10.4. The number of hydrogen-bond acceptors (Lipinski definition) is 4. The van der Waals surface area contributed by atoms with Crippen molar-refractivity contribution in [3.63, 3.8) is 0 Å². The van der Waals surface area contributed by atoms with Crippen LogP contribution in [0.5, 0.6) is 0 Å². The highest BCUT2D eigenvalue weighted by Crippen LogP contribution is 2.12. The lowest BCUT2D eigenvalue weighted by molar-refractivity contribution is 0.0996. The molecule has 0 spiro atoms. The first-order valence-corrected chi connectivity index (χ1v) is 4.28. The van der Waals surface area contributed by atoms with Crippen molar-refractivity contribution >= 4 is 11.7 Å². The Bertz CT molecular complexity index is 349. The van der Waals surface area contributed by atoms with E-state index in [1.807, 2.05) is 0 Å². The summed E-state index contributed by atoms with van der Waals surface area (Å²) in [7, 11) is 0. The minimum absolute atomic E-state index is 0.0195. The molecule has 0 aliphatic rings. The number of rotatable bonds is 6. The van der Waals surface area contributed by atoms with Gasteiger partial charge in [0.1, 0.15) is 0 Å². The van der Waals surface area contributed by atoms with Crippen LogP contribution in [-0.2, 0) is 0 Å². The maximum Gasteiger partial charge on any atom is 0.271 e. The van der Waals surface area contributed by atoms with E-state index in [-0.39, 0.29) is 11.5 Å². The van der Waals surface area contributed by atoms with E-state index in [0.717, 1.165) is 0 Å². The van der Waals surface area contributed by atoms with Crippen LogP contribution in [0.15, 0.2) is 16.7 Å². The molecule has 7 nitrogen and oxygen atoms in total. The molecule has 82 valence electrons. The van der Waals surface area contributed by atoms with Crippen LogP contribution < -0.4 is 11.2 Å². The summed E-state index contributed by atoms with van der Waals surface area (Å²) in [5, 5.41) is 7.16. The topological polar surface area (TPSA) is 109 Å². The van der Waals surface area contributed by atoms with Crippen LogP contribution in [-0.4, -0.2) is 29.1 Å². The predicted molar refractivity (Wildman–Crippen MR) is 50.2 cm³/mol. The molecule has 0 radical (unpaired) electrons. The standard InChI is InChI=1S/C7H11FN6O/c8-2-1-3-12-14-13-7-5(6(9)15)10-4-11-7/h4H,1-3H2,(H2,9,15)(H,10,11)(H,12,13). The van der Waals surface area contributed by atoms with Gasteiger partial charge in [0.2, 0.25) is 0 Å². The Morgan fingerprint density at radius 3 is 3.20 bits per heavy atom. The smallest absolute Gasteiger partial charge is 0.271 e. The molecule has 0 saturated carbocycles. The van der Waals surface area contributed by atoms with Crippen molar-refractivity contribution in [2.45, 2.75) is 6.42 Å². The zero-order valence-corrected chi connectivity index (χ0v) is 7.90. The first-order valence-electron chi connectivity index (χ1n) is 4.28. The number of carbonyl (C=O) groups is 1. The number of carbonyl (C=O) groups excluding carboxylic acids is 1. The van der Waals surface area contributed by atoms with Gasteiger partial charge in [0.25, 0.3) is 5.91 Å². The van der Waals surface area contributed by atoms with Gasteiger partial charge in [0.05, 0.1) is 13.0 Å². The van der Waals surface area contributed by atoms with Crippen LogP contribution in [0.3, 0.4) is 0 Å². The second kappa shape index (κ2) is 5.68. The lowest BCUT2D eigenvalue weighted by Gasteiger charge is -1.94. The van der Waals surface area contributed by atoms with Gasteiger partial charge in [-0.3, -0.25) is 14.6 Å². The van der Waals surface area contributed by atoms with Gasteiger partial charge >= 0.3 is 0 Å². The number of H-pyrrole nitrogens is 1.